The molecular formula is C26H37N3O5S. The van der Waals surface area contributed by atoms with Gasteiger partial charge < -0.3 is 19.7 Å². The molecule has 0 radical (unpaired) electrons. The van der Waals surface area contributed by atoms with Crippen LogP contribution in [-0.4, -0.2) is 44.5 Å². The highest BCUT2D eigenvalue weighted by Gasteiger charge is 2.21. The van der Waals surface area contributed by atoms with Crippen LogP contribution in [0, 0.1) is 11.8 Å². The van der Waals surface area contributed by atoms with Crippen molar-refractivity contribution in [2.75, 3.05) is 12.9 Å². The van der Waals surface area contributed by atoms with Crippen molar-refractivity contribution in [3.63, 3.8) is 0 Å². The second kappa shape index (κ2) is 13.9. The number of carboxylic acid groups (broad SMARTS) is 1. The zero-order valence-electron chi connectivity index (χ0n) is 21.3. The normalized spacial score (nSPS) is 11.9. The zero-order valence-corrected chi connectivity index (χ0v) is 22.1. The summed E-state index contributed by atoms with van der Waals surface area (Å²) < 4.78 is 7.36. The van der Waals surface area contributed by atoms with Crippen molar-refractivity contribution in [1.82, 2.24) is 14.9 Å². The number of methoxy groups -OCH3 is 1. The average molecular weight is 504 g/mol. The number of aromatic nitrogens is 2. The summed E-state index contributed by atoms with van der Waals surface area (Å²) in [4.78, 5) is 40.4. The predicted octanol–water partition coefficient (Wildman–Crippen LogP) is 4.54. The van der Waals surface area contributed by atoms with Crippen LogP contribution in [0.5, 0.6) is 5.75 Å². The van der Waals surface area contributed by atoms with Gasteiger partial charge >= 0.3 is 5.97 Å². The quantitative estimate of drug-likeness (QED) is 0.389. The van der Waals surface area contributed by atoms with Gasteiger partial charge in [-0.25, -0.2) is 9.78 Å². The first-order chi connectivity index (χ1) is 16.7. The van der Waals surface area contributed by atoms with Crippen LogP contribution in [-0.2, 0) is 29.1 Å². The zero-order chi connectivity index (χ0) is 26.0. The Bertz CT molecular complexity index is 1020. The lowest BCUT2D eigenvalue weighted by atomic mass is 9.98. The number of thioether (sulfide) groups is 1. The largest absolute Gasteiger partial charge is 0.496 e. The number of aryl methyl sites for hydroxylation is 1. The standard InChI is InChI=1S/C26H37N3O5S/c1-6-7-8-24-27-13-21(14-28-25(31)20(11-17(2)3)16-35-18(4)30)29(24)15-19-9-10-22(26(32)33)23(12-19)34-5/h9-10,12-13,17,20H,6-8,11,14-16H2,1-5H3,(H,28,31)(H,32,33)/t20-/m0/s1. The molecular weight excluding hydrogens is 466 g/mol. The van der Waals surface area contributed by atoms with E-state index >= 15 is 0 Å². The molecule has 1 aromatic heterocycles. The van der Waals surface area contributed by atoms with Gasteiger partial charge in [0.05, 0.1) is 25.5 Å². The Labute approximate surface area is 211 Å². The van der Waals surface area contributed by atoms with Gasteiger partial charge in [-0.05, 0) is 36.5 Å². The van der Waals surface area contributed by atoms with Gasteiger partial charge in [0, 0.05) is 31.6 Å². The summed E-state index contributed by atoms with van der Waals surface area (Å²) in [6.45, 7) is 8.58. The van der Waals surface area contributed by atoms with Crippen molar-refractivity contribution in [1.29, 1.82) is 0 Å². The Kier molecular flexibility index (Phi) is 11.3. The van der Waals surface area contributed by atoms with E-state index < -0.39 is 5.97 Å². The molecule has 0 unspecified atom stereocenters. The molecule has 0 bridgehead atoms. The first kappa shape index (κ1) is 28.4. The van der Waals surface area contributed by atoms with Gasteiger partial charge in [-0.3, -0.25) is 9.59 Å². The van der Waals surface area contributed by atoms with Crippen LogP contribution in [0.3, 0.4) is 0 Å². The maximum absolute atomic E-state index is 13.0. The van der Waals surface area contributed by atoms with E-state index in [4.69, 9.17) is 4.74 Å². The summed E-state index contributed by atoms with van der Waals surface area (Å²) in [6.07, 6.45) is 5.33. The number of imidazole rings is 1. The number of nitrogens with zero attached hydrogens (tertiary/aromatic N) is 2. The minimum atomic E-state index is -1.04. The number of amides is 1. The van der Waals surface area contributed by atoms with Crippen molar-refractivity contribution in [2.45, 2.75) is 66.5 Å². The van der Waals surface area contributed by atoms with Crippen molar-refractivity contribution in [3.8, 4) is 5.75 Å². The van der Waals surface area contributed by atoms with Crippen LogP contribution in [0.4, 0.5) is 0 Å². The van der Waals surface area contributed by atoms with Gasteiger partial charge in [0.25, 0.3) is 0 Å². The maximum Gasteiger partial charge on any atom is 0.339 e. The van der Waals surface area contributed by atoms with E-state index in [1.165, 1.54) is 25.8 Å². The van der Waals surface area contributed by atoms with Crippen LogP contribution in [0.2, 0.25) is 0 Å². The number of hydrogen-bond acceptors (Lipinski definition) is 6. The summed E-state index contributed by atoms with van der Waals surface area (Å²) in [5.41, 5.74) is 1.86. The molecule has 0 fully saturated rings. The SMILES string of the molecule is CCCCc1ncc(CNC(=O)[C@H](CSC(C)=O)CC(C)C)n1Cc1ccc(C(=O)O)c(OC)c1. The summed E-state index contributed by atoms with van der Waals surface area (Å²) in [6, 6.07) is 5.05. The molecule has 2 N–H and O–H groups in total. The maximum atomic E-state index is 13.0. The first-order valence-corrected chi connectivity index (χ1v) is 13.0. The minimum absolute atomic E-state index is 0.00884. The molecule has 0 spiro atoms. The third-order valence-electron chi connectivity index (χ3n) is 5.67. The van der Waals surface area contributed by atoms with Gasteiger partial charge in [-0.15, -0.1) is 0 Å². The Morgan fingerprint density at radius 2 is 2.00 bits per heavy atom. The lowest BCUT2D eigenvalue weighted by Crippen LogP contribution is -2.33. The second-order valence-corrected chi connectivity index (χ2v) is 10.2. The van der Waals surface area contributed by atoms with Gasteiger partial charge in [0.2, 0.25) is 5.91 Å². The third-order valence-corrected chi connectivity index (χ3v) is 6.65. The lowest BCUT2D eigenvalue weighted by Gasteiger charge is -2.19. The highest BCUT2D eigenvalue weighted by molar-refractivity contribution is 8.13. The Morgan fingerprint density at radius 1 is 1.26 bits per heavy atom. The van der Waals surface area contributed by atoms with E-state index in [0.29, 0.717) is 36.9 Å². The van der Waals surface area contributed by atoms with Crippen LogP contribution in [0.25, 0.3) is 0 Å². The van der Waals surface area contributed by atoms with Crippen molar-refractivity contribution < 1.29 is 24.2 Å². The van der Waals surface area contributed by atoms with Crippen LogP contribution in [0.1, 0.15) is 74.4 Å². The van der Waals surface area contributed by atoms with E-state index in [0.717, 1.165) is 36.3 Å². The number of aromatic carboxylic acids is 1. The average Bonchev–Trinajstić information content (AvgIpc) is 3.19. The topological polar surface area (TPSA) is 111 Å². The van der Waals surface area contributed by atoms with Gasteiger partial charge in [0.1, 0.15) is 17.1 Å². The molecule has 0 aliphatic carbocycles. The molecule has 0 saturated carbocycles. The number of unbranched alkanes of at least 4 members (excludes halogenated alkanes) is 1. The van der Waals surface area contributed by atoms with E-state index in [-0.39, 0.29) is 22.5 Å². The van der Waals surface area contributed by atoms with Crippen LogP contribution in [0.15, 0.2) is 24.4 Å². The fourth-order valence-electron chi connectivity index (χ4n) is 3.88. The van der Waals surface area contributed by atoms with Crippen molar-refractivity contribution in [2.24, 2.45) is 11.8 Å². The van der Waals surface area contributed by atoms with Crippen molar-refractivity contribution in [3.05, 3.63) is 47.0 Å². The summed E-state index contributed by atoms with van der Waals surface area (Å²) in [5, 5.41) is 12.4. The van der Waals surface area contributed by atoms with Crippen LogP contribution >= 0.6 is 11.8 Å². The number of benzene rings is 1. The molecule has 1 atom stereocenters. The smallest absolute Gasteiger partial charge is 0.339 e. The van der Waals surface area contributed by atoms with Crippen molar-refractivity contribution >= 4 is 28.8 Å². The number of ether oxygens (including phenoxy) is 1. The summed E-state index contributed by atoms with van der Waals surface area (Å²) in [7, 11) is 1.45. The molecule has 1 heterocycles. The Balaban J connectivity index is 2.23. The summed E-state index contributed by atoms with van der Waals surface area (Å²) in [5.74, 6) is 0.684. The van der Waals surface area contributed by atoms with Crippen LogP contribution < -0.4 is 10.1 Å². The molecule has 0 aliphatic heterocycles. The lowest BCUT2D eigenvalue weighted by molar-refractivity contribution is -0.125. The highest BCUT2D eigenvalue weighted by Crippen LogP contribution is 2.23. The Hall–Kier alpha value is -2.81. The van der Waals surface area contributed by atoms with Gasteiger partial charge in [-0.2, -0.15) is 0 Å². The number of carboxylic acids is 1. The van der Waals surface area contributed by atoms with E-state index in [1.807, 2.05) is 0 Å². The third kappa shape index (κ3) is 8.72. The molecule has 9 heteroatoms. The second-order valence-electron chi connectivity index (χ2n) is 9.04. The predicted molar refractivity (Wildman–Crippen MR) is 138 cm³/mol. The number of rotatable bonds is 14. The molecule has 1 amide bonds. The van der Waals surface area contributed by atoms with E-state index in [9.17, 15) is 19.5 Å². The number of nitrogens with one attached hydrogen (secondary N) is 1. The van der Waals surface area contributed by atoms with E-state index in [1.54, 1.807) is 24.4 Å². The molecule has 2 aromatic rings. The van der Waals surface area contributed by atoms with Gasteiger partial charge in [-0.1, -0.05) is 45.0 Å². The molecule has 0 aliphatic rings. The minimum Gasteiger partial charge on any atom is -0.496 e. The molecule has 1 aromatic carbocycles. The number of carbonyl (C=O) groups excluding carboxylic acids is 2. The molecule has 2 rings (SSSR count). The van der Waals surface area contributed by atoms with E-state index in [2.05, 4.69) is 35.6 Å². The van der Waals surface area contributed by atoms with Gasteiger partial charge in [0.15, 0.2) is 5.12 Å². The fraction of sp³-hybridized carbons (Fsp3) is 0.538. The molecule has 192 valence electrons. The molecule has 8 nitrogen and oxygen atoms in total. The first-order valence-electron chi connectivity index (χ1n) is 12.0. The number of hydrogen-bond donors (Lipinski definition) is 2. The highest BCUT2D eigenvalue weighted by atomic mass is 32.2. The molecule has 35 heavy (non-hydrogen) atoms. The summed E-state index contributed by atoms with van der Waals surface area (Å²) >= 11 is 1.19. The molecule has 0 saturated heterocycles. The number of carbonyl (C=O) groups is 3. The Morgan fingerprint density at radius 3 is 2.60 bits per heavy atom. The fourth-order valence-corrected chi connectivity index (χ4v) is 4.60. The monoisotopic (exact) mass is 503 g/mol.